The van der Waals surface area contributed by atoms with E-state index in [1.165, 1.54) is 0 Å². The number of carboxylic acids is 1. The van der Waals surface area contributed by atoms with Gasteiger partial charge in [0.2, 0.25) is 0 Å². The monoisotopic (exact) mass is 293 g/mol. The molecule has 0 spiro atoms. The highest BCUT2D eigenvalue weighted by Crippen LogP contribution is 2.20. The maximum atomic E-state index is 11.2. The molecule has 2 aromatic carbocycles. The number of benzene rings is 2. The predicted octanol–water partition coefficient (Wildman–Crippen LogP) is 3.37. The Bertz CT molecular complexity index is 781. The number of hydrogen-bond acceptors (Lipinski definition) is 3. The fourth-order valence-corrected chi connectivity index (χ4v) is 2.22. The Balaban J connectivity index is 1.76. The highest BCUT2D eigenvalue weighted by atomic mass is 16.4. The molecule has 1 aromatic heterocycles. The van der Waals surface area contributed by atoms with Gasteiger partial charge in [0.05, 0.1) is 29.7 Å². The van der Waals surface area contributed by atoms with Gasteiger partial charge in [0, 0.05) is 6.20 Å². The zero-order valence-corrected chi connectivity index (χ0v) is 11.8. The minimum Gasteiger partial charge on any atom is -0.478 e. The Morgan fingerprint density at radius 1 is 1.09 bits per heavy atom. The van der Waals surface area contributed by atoms with Crippen molar-refractivity contribution in [1.29, 1.82) is 0 Å². The van der Waals surface area contributed by atoms with Crippen molar-refractivity contribution in [2.45, 2.75) is 6.54 Å². The van der Waals surface area contributed by atoms with Crippen LogP contribution in [-0.4, -0.2) is 20.9 Å². The molecule has 3 aromatic rings. The fourth-order valence-electron chi connectivity index (χ4n) is 2.22. The SMILES string of the molecule is O=C(O)c1ccccc1Nc1cnn(Cc2ccccc2)c1. The molecule has 0 unspecified atom stereocenters. The molecular weight excluding hydrogens is 278 g/mol. The quantitative estimate of drug-likeness (QED) is 0.757. The van der Waals surface area contributed by atoms with Crippen molar-refractivity contribution >= 4 is 17.3 Å². The maximum absolute atomic E-state index is 11.2. The molecule has 0 fully saturated rings. The highest BCUT2D eigenvalue weighted by molar-refractivity contribution is 5.95. The summed E-state index contributed by atoms with van der Waals surface area (Å²) in [5.41, 5.74) is 2.69. The van der Waals surface area contributed by atoms with Gasteiger partial charge in [-0.25, -0.2) is 4.79 Å². The normalized spacial score (nSPS) is 10.4. The van der Waals surface area contributed by atoms with Crippen molar-refractivity contribution in [2.75, 3.05) is 5.32 Å². The molecule has 0 aliphatic heterocycles. The molecule has 5 heteroatoms. The van der Waals surface area contributed by atoms with E-state index >= 15 is 0 Å². The third kappa shape index (κ3) is 3.15. The summed E-state index contributed by atoms with van der Waals surface area (Å²) in [5.74, 6) is -0.959. The van der Waals surface area contributed by atoms with Crippen LogP contribution >= 0.6 is 0 Å². The Morgan fingerprint density at radius 2 is 1.82 bits per heavy atom. The maximum Gasteiger partial charge on any atom is 0.337 e. The van der Waals surface area contributed by atoms with Gasteiger partial charge in [0.25, 0.3) is 0 Å². The van der Waals surface area contributed by atoms with E-state index in [1.54, 1.807) is 35.1 Å². The molecule has 0 saturated heterocycles. The molecular formula is C17H15N3O2. The average molecular weight is 293 g/mol. The topological polar surface area (TPSA) is 67.2 Å². The Kier molecular flexibility index (Phi) is 3.87. The largest absolute Gasteiger partial charge is 0.478 e. The summed E-state index contributed by atoms with van der Waals surface area (Å²) in [6, 6.07) is 16.8. The molecule has 0 radical (unpaired) electrons. The summed E-state index contributed by atoms with van der Waals surface area (Å²) >= 11 is 0. The summed E-state index contributed by atoms with van der Waals surface area (Å²) in [4.78, 5) is 11.2. The smallest absolute Gasteiger partial charge is 0.337 e. The van der Waals surface area contributed by atoms with E-state index in [0.29, 0.717) is 12.2 Å². The second kappa shape index (κ2) is 6.13. The number of nitrogens with one attached hydrogen (secondary N) is 1. The number of hydrogen-bond donors (Lipinski definition) is 2. The van der Waals surface area contributed by atoms with Gasteiger partial charge in [-0.3, -0.25) is 4.68 Å². The molecule has 5 nitrogen and oxygen atoms in total. The van der Waals surface area contributed by atoms with Crippen LogP contribution in [0.2, 0.25) is 0 Å². The molecule has 0 saturated carbocycles. The van der Waals surface area contributed by atoms with Crippen molar-refractivity contribution in [3.05, 3.63) is 78.1 Å². The van der Waals surface area contributed by atoms with Crippen LogP contribution in [0, 0.1) is 0 Å². The molecule has 0 bridgehead atoms. The summed E-state index contributed by atoms with van der Waals surface area (Å²) in [5, 5.41) is 16.6. The number of para-hydroxylation sites is 1. The third-order valence-electron chi connectivity index (χ3n) is 3.26. The van der Waals surface area contributed by atoms with Gasteiger partial charge in [-0.1, -0.05) is 42.5 Å². The first kappa shape index (κ1) is 13.9. The second-order valence-electron chi connectivity index (χ2n) is 4.89. The number of nitrogens with zero attached hydrogens (tertiary/aromatic N) is 2. The number of carboxylic acid groups (broad SMARTS) is 1. The number of aromatic nitrogens is 2. The van der Waals surface area contributed by atoms with Crippen molar-refractivity contribution in [3.8, 4) is 0 Å². The Morgan fingerprint density at radius 3 is 2.59 bits per heavy atom. The number of anilines is 2. The third-order valence-corrected chi connectivity index (χ3v) is 3.26. The molecule has 0 aliphatic rings. The van der Waals surface area contributed by atoms with Crippen LogP contribution in [0.25, 0.3) is 0 Å². The molecule has 1 heterocycles. The predicted molar refractivity (Wildman–Crippen MR) is 84.5 cm³/mol. The van der Waals surface area contributed by atoms with Crippen LogP contribution in [0.15, 0.2) is 67.0 Å². The van der Waals surface area contributed by atoms with E-state index in [2.05, 4.69) is 10.4 Å². The van der Waals surface area contributed by atoms with E-state index in [-0.39, 0.29) is 5.56 Å². The average Bonchev–Trinajstić information content (AvgIpc) is 2.96. The lowest BCUT2D eigenvalue weighted by molar-refractivity contribution is 0.0698. The van der Waals surface area contributed by atoms with E-state index in [0.717, 1.165) is 11.3 Å². The van der Waals surface area contributed by atoms with Crippen molar-refractivity contribution in [2.24, 2.45) is 0 Å². The zero-order valence-electron chi connectivity index (χ0n) is 11.8. The summed E-state index contributed by atoms with van der Waals surface area (Å²) in [6.07, 6.45) is 3.53. The summed E-state index contributed by atoms with van der Waals surface area (Å²) in [7, 11) is 0. The first-order valence-electron chi connectivity index (χ1n) is 6.88. The Hall–Kier alpha value is -3.08. The van der Waals surface area contributed by atoms with Crippen LogP contribution in [0.3, 0.4) is 0 Å². The molecule has 3 rings (SSSR count). The second-order valence-corrected chi connectivity index (χ2v) is 4.89. The van der Waals surface area contributed by atoms with Crippen LogP contribution < -0.4 is 5.32 Å². The molecule has 0 aliphatic carbocycles. The number of carbonyl (C=O) groups is 1. The van der Waals surface area contributed by atoms with E-state index in [1.807, 2.05) is 36.5 Å². The molecule has 22 heavy (non-hydrogen) atoms. The first-order chi connectivity index (χ1) is 10.7. The zero-order chi connectivity index (χ0) is 15.4. The lowest BCUT2D eigenvalue weighted by atomic mass is 10.2. The van der Waals surface area contributed by atoms with Crippen molar-refractivity contribution in [1.82, 2.24) is 9.78 Å². The van der Waals surface area contributed by atoms with E-state index in [9.17, 15) is 9.90 Å². The summed E-state index contributed by atoms with van der Waals surface area (Å²) < 4.78 is 1.81. The van der Waals surface area contributed by atoms with Gasteiger partial charge in [-0.15, -0.1) is 0 Å². The van der Waals surface area contributed by atoms with E-state index < -0.39 is 5.97 Å². The minimum atomic E-state index is -0.959. The van der Waals surface area contributed by atoms with Gasteiger partial charge in [0.1, 0.15) is 0 Å². The van der Waals surface area contributed by atoms with Gasteiger partial charge < -0.3 is 10.4 Å². The molecule has 0 amide bonds. The molecule has 2 N–H and O–H groups in total. The van der Waals surface area contributed by atoms with Gasteiger partial charge in [0.15, 0.2) is 0 Å². The lowest BCUT2D eigenvalue weighted by Gasteiger charge is -2.06. The molecule has 110 valence electrons. The lowest BCUT2D eigenvalue weighted by Crippen LogP contribution is -2.02. The number of rotatable bonds is 5. The first-order valence-corrected chi connectivity index (χ1v) is 6.88. The minimum absolute atomic E-state index is 0.235. The molecule has 0 atom stereocenters. The Labute approximate surface area is 127 Å². The fraction of sp³-hybridized carbons (Fsp3) is 0.0588. The van der Waals surface area contributed by atoms with E-state index in [4.69, 9.17) is 0 Å². The van der Waals surface area contributed by atoms with Crippen LogP contribution in [0.1, 0.15) is 15.9 Å². The van der Waals surface area contributed by atoms with Crippen LogP contribution in [0.5, 0.6) is 0 Å². The van der Waals surface area contributed by atoms with Crippen LogP contribution in [0.4, 0.5) is 11.4 Å². The standard InChI is InChI=1S/C17H15N3O2/c21-17(22)15-8-4-5-9-16(15)19-14-10-18-20(12-14)11-13-6-2-1-3-7-13/h1-10,12,19H,11H2,(H,21,22). The highest BCUT2D eigenvalue weighted by Gasteiger charge is 2.09. The summed E-state index contributed by atoms with van der Waals surface area (Å²) in [6.45, 7) is 0.670. The van der Waals surface area contributed by atoms with Crippen molar-refractivity contribution in [3.63, 3.8) is 0 Å². The van der Waals surface area contributed by atoms with Crippen molar-refractivity contribution < 1.29 is 9.90 Å². The van der Waals surface area contributed by atoms with Gasteiger partial charge in [-0.05, 0) is 17.7 Å². The van der Waals surface area contributed by atoms with Gasteiger partial charge >= 0.3 is 5.97 Å². The van der Waals surface area contributed by atoms with Gasteiger partial charge in [-0.2, -0.15) is 5.10 Å². The van der Waals surface area contributed by atoms with Crippen LogP contribution in [-0.2, 0) is 6.54 Å². The number of aromatic carboxylic acids is 1.